The van der Waals surface area contributed by atoms with E-state index < -0.39 is 0 Å². The number of nitrogens with one attached hydrogen (secondary N) is 2. The number of imidazole rings is 1. The molecule has 0 fully saturated rings. The number of furan rings is 1. The minimum absolute atomic E-state index is 0.0851. The SMILES string of the molecule is Cc1occc1C(=O)NCC(=O)NCc1cccc(Cn2ccnc2)c1. The van der Waals surface area contributed by atoms with Crippen LogP contribution in [0.1, 0.15) is 27.2 Å². The van der Waals surface area contributed by atoms with Gasteiger partial charge in [0.25, 0.3) is 5.91 Å². The van der Waals surface area contributed by atoms with Crippen LogP contribution in [0.3, 0.4) is 0 Å². The van der Waals surface area contributed by atoms with Crippen LogP contribution < -0.4 is 10.6 Å². The molecule has 7 nitrogen and oxygen atoms in total. The van der Waals surface area contributed by atoms with Gasteiger partial charge in [0.15, 0.2) is 0 Å². The monoisotopic (exact) mass is 352 g/mol. The topological polar surface area (TPSA) is 89.2 Å². The molecule has 3 aromatic rings. The smallest absolute Gasteiger partial charge is 0.255 e. The van der Waals surface area contributed by atoms with Gasteiger partial charge in [-0.15, -0.1) is 0 Å². The molecule has 3 rings (SSSR count). The summed E-state index contributed by atoms with van der Waals surface area (Å²) in [5.74, 6) is -0.0501. The predicted octanol–water partition coefficient (Wildman–Crippen LogP) is 1.88. The van der Waals surface area contributed by atoms with Crippen LogP contribution in [0.5, 0.6) is 0 Å². The number of amides is 2. The fourth-order valence-electron chi connectivity index (χ4n) is 2.57. The lowest BCUT2D eigenvalue weighted by atomic mass is 10.1. The zero-order valence-electron chi connectivity index (χ0n) is 14.4. The highest BCUT2D eigenvalue weighted by molar-refractivity contribution is 5.97. The van der Waals surface area contributed by atoms with Crippen LogP contribution >= 0.6 is 0 Å². The van der Waals surface area contributed by atoms with Crippen molar-refractivity contribution in [3.8, 4) is 0 Å². The van der Waals surface area contributed by atoms with Gasteiger partial charge in [0.1, 0.15) is 5.76 Å². The molecule has 7 heteroatoms. The second-order valence-corrected chi connectivity index (χ2v) is 5.90. The van der Waals surface area contributed by atoms with E-state index in [1.807, 2.05) is 35.0 Å². The first-order valence-corrected chi connectivity index (χ1v) is 8.24. The molecule has 2 aromatic heterocycles. The Kier molecular flexibility index (Phi) is 5.48. The number of carbonyl (C=O) groups excluding carboxylic acids is 2. The second kappa shape index (κ2) is 8.15. The van der Waals surface area contributed by atoms with E-state index in [0.717, 1.165) is 17.7 Å². The summed E-state index contributed by atoms with van der Waals surface area (Å²) in [6, 6.07) is 9.54. The first-order chi connectivity index (χ1) is 12.6. The highest BCUT2D eigenvalue weighted by atomic mass is 16.3. The Balaban J connectivity index is 1.47. The van der Waals surface area contributed by atoms with E-state index in [9.17, 15) is 9.59 Å². The molecular formula is C19H20N4O3. The van der Waals surface area contributed by atoms with Gasteiger partial charge in [-0.2, -0.15) is 0 Å². The van der Waals surface area contributed by atoms with Crippen LogP contribution in [0, 0.1) is 6.92 Å². The maximum atomic E-state index is 12.0. The van der Waals surface area contributed by atoms with Crippen molar-refractivity contribution in [1.82, 2.24) is 20.2 Å². The third-order valence-corrected chi connectivity index (χ3v) is 3.92. The summed E-state index contributed by atoms with van der Waals surface area (Å²) < 4.78 is 7.06. The standard InChI is InChI=1S/C19H20N4O3/c1-14-17(5-8-26-14)19(25)22-11-18(24)21-10-15-3-2-4-16(9-15)12-23-7-6-20-13-23/h2-9,13H,10-12H2,1H3,(H,21,24)(H,22,25). The molecule has 26 heavy (non-hydrogen) atoms. The summed E-state index contributed by atoms with van der Waals surface area (Å²) in [6.45, 7) is 2.74. The molecule has 0 radical (unpaired) electrons. The van der Waals surface area contributed by atoms with Gasteiger partial charge in [-0.05, 0) is 24.1 Å². The Labute approximate surface area is 151 Å². The third kappa shape index (κ3) is 4.60. The number of carbonyl (C=O) groups is 2. The van der Waals surface area contributed by atoms with Gasteiger partial charge >= 0.3 is 0 Å². The van der Waals surface area contributed by atoms with Crippen LogP contribution in [0.25, 0.3) is 0 Å². The molecule has 0 atom stereocenters. The molecule has 0 unspecified atom stereocenters. The molecule has 0 aliphatic heterocycles. The normalized spacial score (nSPS) is 10.5. The molecule has 0 aliphatic carbocycles. The molecule has 2 N–H and O–H groups in total. The minimum atomic E-state index is -0.325. The third-order valence-electron chi connectivity index (χ3n) is 3.92. The van der Waals surface area contributed by atoms with Crippen molar-refractivity contribution in [2.45, 2.75) is 20.0 Å². The van der Waals surface area contributed by atoms with Gasteiger partial charge in [-0.25, -0.2) is 4.98 Å². The molecule has 0 saturated carbocycles. The fraction of sp³-hybridized carbons (Fsp3) is 0.211. The van der Waals surface area contributed by atoms with Gasteiger partial charge in [-0.1, -0.05) is 24.3 Å². The Bertz CT molecular complexity index is 884. The molecular weight excluding hydrogens is 332 g/mol. The van der Waals surface area contributed by atoms with Crippen molar-refractivity contribution in [3.63, 3.8) is 0 Å². The fourth-order valence-corrected chi connectivity index (χ4v) is 2.57. The van der Waals surface area contributed by atoms with E-state index in [1.54, 1.807) is 25.5 Å². The lowest BCUT2D eigenvalue weighted by molar-refractivity contribution is -0.120. The Hall–Kier alpha value is -3.35. The van der Waals surface area contributed by atoms with Crippen LogP contribution in [0.15, 0.2) is 59.7 Å². The number of benzene rings is 1. The summed E-state index contributed by atoms with van der Waals surface area (Å²) in [5.41, 5.74) is 2.55. The second-order valence-electron chi connectivity index (χ2n) is 5.90. The molecule has 2 amide bonds. The molecule has 1 aromatic carbocycles. The average molecular weight is 352 g/mol. The number of aryl methyl sites for hydroxylation is 1. The van der Waals surface area contributed by atoms with Gasteiger partial charge in [-0.3, -0.25) is 9.59 Å². The predicted molar refractivity (Wildman–Crippen MR) is 95.4 cm³/mol. The number of rotatable bonds is 7. The minimum Gasteiger partial charge on any atom is -0.469 e. The molecule has 0 spiro atoms. The van der Waals surface area contributed by atoms with E-state index in [2.05, 4.69) is 15.6 Å². The van der Waals surface area contributed by atoms with Crippen molar-refractivity contribution in [1.29, 1.82) is 0 Å². The van der Waals surface area contributed by atoms with Gasteiger partial charge in [0.2, 0.25) is 5.91 Å². The highest BCUT2D eigenvalue weighted by Gasteiger charge is 2.12. The van der Waals surface area contributed by atoms with Crippen LogP contribution in [0.4, 0.5) is 0 Å². The van der Waals surface area contributed by atoms with Crippen molar-refractivity contribution in [2.24, 2.45) is 0 Å². The zero-order valence-corrected chi connectivity index (χ0v) is 14.4. The highest BCUT2D eigenvalue weighted by Crippen LogP contribution is 2.08. The maximum Gasteiger partial charge on any atom is 0.255 e. The quantitative estimate of drug-likeness (QED) is 0.679. The lowest BCUT2D eigenvalue weighted by Gasteiger charge is -2.09. The molecule has 0 saturated heterocycles. The Morgan fingerprint density at radius 2 is 2.04 bits per heavy atom. The van der Waals surface area contributed by atoms with Crippen molar-refractivity contribution in [2.75, 3.05) is 6.54 Å². The van der Waals surface area contributed by atoms with Gasteiger partial charge < -0.3 is 19.6 Å². The van der Waals surface area contributed by atoms with Gasteiger partial charge in [0, 0.05) is 25.5 Å². The number of hydrogen-bond donors (Lipinski definition) is 2. The van der Waals surface area contributed by atoms with E-state index in [0.29, 0.717) is 17.9 Å². The van der Waals surface area contributed by atoms with Crippen LogP contribution in [-0.2, 0) is 17.9 Å². The van der Waals surface area contributed by atoms with E-state index in [-0.39, 0.29) is 18.4 Å². The van der Waals surface area contributed by atoms with Crippen molar-refractivity contribution >= 4 is 11.8 Å². The summed E-state index contributed by atoms with van der Waals surface area (Å²) in [7, 11) is 0. The first-order valence-electron chi connectivity index (χ1n) is 8.24. The largest absolute Gasteiger partial charge is 0.469 e. The molecule has 134 valence electrons. The molecule has 2 heterocycles. The summed E-state index contributed by atoms with van der Waals surface area (Å²) in [5, 5.41) is 5.39. The van der Waals surface area contributed by atoms with E-state index in [1.165, 1.54) is 6.26 Å². The average Bonchev–Trinajstić information content (AvgIpc) is 3.30. The molecule has 0 bridgehead atoms. The number of aromatic nitrogens is 2. The number of hydrogen-bond acceptors (Lipinski definition) is 4. The zero-order chi connectivity index (χ0) is 18.4. The first kappa shape index (κ1) is 17.5. The van der Waals surface area contributed by atoms with Gasteiger partial charge in [0.05, 0.1) is 24.7 Å². The maximum absolute atomic E-state index is 12.0. The molecule has 0 aliphatic rings. The summed E-state index contributed by atoms with van der Waals surface area (Å²) >= 11 is 0. The van der Waals surface area contributed by atoms with Crippen LogP contribution in [-0.4, -0.2) is 27.9 Å². The van der Waals surface area contributed by atoms with E-state index >= 15 is 0 Å². The Morgan fingerprint density at radius 1 is 1.19 bits per heavy atom. The lowest BCUT2D eigenvalue weighted by Crippen LogP contribution is -2.36. The van der Waals surface area contributed by atoms with Crippen LogP contribution in [0.2, 0.25) is 0 Å². The van der Waals surface area contributed by atoms with Crippen molar-refractivity contribution < 1.29 is 14.0 Å². The van der Waals surface area contributed by atoms with Crippen molar-refractivity contribution in [3.05, 3.63) is 77.8 Å². The van der Waals surface area contributed by atoms with E-state index in [4.69, 9.17) is 4.42 Å². The summed E-state index contributed by atoms with van der Waals surface area (Å²) in [4.78, 5) is 27.9. The Morgan fingerprint density at radius 3 is 2.77 bits per heavy atom. The summed E-state index contributed by atoms with van der Waals surface area (Å²) in [6.07, 6.45) is 6.85. The number of nitrogens with zero attached hydrogens (tertiary/aromatic N) is 2.